The Kier molecular flexibility index (Phi) is 3.52. The molecule has 2 aliphatic heterocycles. The van der Waals surface area contributed by atoms with Gasteiger partial charge in [0.2, 0.25) is 6.29 Å². The van der Waals surface area contributed by atoms with Gasteiger partial charge in [-0.3, -0.25) is 9.59 Å². The summed E-state index contributed by atoms with van der Waals surface area (Å²) in [6.45, 7) is 2.60. The molecule has 1 N–H and O–H groups in total. The van der Waals surface area contributed by atoms with Crippen molar-refractivity contribution in [3.05, 3.63) is 22.8 Å². The van der Waals surface area contributed by atoms with Crippen LogP contribution in [0.2, 0.25) is 0 Å². The first-order chi connectivity index (χ1) is 13.0. The van der Waals surface area contributed by atoms with Gasteiger partial charge < -0.3 is 19.5 Å². The van der Waals surface area contributed by atoms with Crippen molar-refractivity contribution < 1.29 is 23.8 Å². The van der Waals surface area contributed by atoms with Crippen LogP contribution < -0.4 is 14.8 Å². The van der Waals surface area contributed by atoms with E-state index in [4.69, 9.17) is 14.2 Å². The molecule has 6 heteroatoms. The van der Waals surface area contributed by atoms with Crippen LogP contribution in [0, 0.1) is 17.8 Å². The van der Waals surface area contributed by atoms with Crippen LogP contribution in [0.1, 0.15) is 60.0 Å². The minimum atomic E-state index is -0.339. The van der Waals surface area contributed by atoms with Crippen LogP contribution in [0.25, 0.3) is 0 Å². The van der Waals surface area contributed by atoms with Crippen molar-refractivity contribution in [3.8, 4) is 11.5 Å². The second-order valence-electron chi connectivity index (χ2n) is 8.57. The SMILES string of the molecule is COC(=O)C12CCC(C3Oc4cc5c(c(C)c4O3)C(=O)NCC5)(CC1)CC2. The molecule has 1 aromatic carbocycles. The van der Waals surface area contributed by atoms with E-state index in [-0.39, 0.29) is 29.0 Å². The molecule has 6 rings (SSSR count). The van der Waals surface area contributed by atoms with Crippen LogP contribution in [0.15, 0.2) is 6.07 Å². The molecule has 1 aromatic rings. The molecule has 3 saturated carbocycles. The fourth-order valence-corrected chi connectivity index (χ4v) is 5.57. The maximum atomic E-state index is 12.3. The molecule has 3 fully saturated rings. The molecular weight excluding hydrogens is 346 g/mol. The summed E-state index contributed by atoms with van der Waals surface area (Å²) in [5.41, 5.74) is 2.26. The summed E-state index contributed by atoms with van der Waals surface area (Å²) < 4.78 is 17.7. The Balaban J connectivity index is 1.42. The highest BCUT2D eigenvalue weighted by molar-refractivity contribution is 5.99. The van der Waals surface area contributed by atoms with Gasteiger partial charge in [-0.1, -0.05) is 0 Å². The van der Waals surface area contributed by atoms with Gasteiger partial charge in [-0.15, -0.1) is 0 Å². The average molecular weight is 371 g/mol. The van der Waals surface area contributed by atoms with Crippen molar-refractivity contribution in [2.24, 2.45) is 10.8 Å². The van der Waals surface area contributed by atoms with E-state index in [1.165, 1.54) is 7.11 Å². The Labute approximate surface area is 158 Å². The third-order valence-corrected chi connectivity index (χ3v) is 7.35. The van der Waals surface area contributed by atoms with Gasteiger partial charge in [0.25, 0.3) is 5.91 Å². The number of carbonyl (C=O) groups excluding carboxylic acids is 2. The fourth-order valence-electron chi connectivity index (χ4n) is 5.57. The van der Waals surface area contributed by atoms with Crippen molar-refractivity contribution >= 4 is 11.9 Å². The number of benzene rings is 1. The van der Waals surface area contributed by atoms with E-state index in [1.807, 2.05) is 13.0 Å². The first-order valence-corrected chi connectivity index (χ1v) is 9.84. The van der Waals surface area contributed by atoms with Crippen LogP contribution in [-0.2, 0) is 16.0 Å². The number of esters is 1. The van der Waals surface area contributed by atoms with Crippen LogP contribution in [0.4, 0.5) is 0 Å². The van der Waals surface area contributed by atoms with Crippen molar-refractivity contribution in [2.75, 3.05) is 13.7 Å². The van der Waals surface area contributed by atoms with Crippen LogP contribution in [0.3, 0.4) is 0 Å². The molecule has 2 bridgehead atoms. The van der Waals surface area contributed by atoms with E-state index in [1.54, 1.807) is 0 Å². The predicted molar refractivity (Wildman–Crippen MR) is 96.8 cm³/mol. The zero-order valence-electron chi connectivity index (χ0n) is 15.9. The third-order valence-electron chi connectivity index (χ3n) is 7.35. The summed E-state index contributed by atoms with van der Waals surface area (Å²) in [6.07, 6.45) is 5.68. The van der Waals surface area contributed by atoms with Crippen LogP contribution >= 0.6 is 0 Å². The van der Waals surface area contributed by atoms with Gasteiger partial charge in [0.05, 0.1) is 12.5 Å². The lowest BCUT2D eigenvalue weighted by Gasteiger charge is -2.52. The van der Waals surface area contributed by atoms with E-state index >= 15 is 0 Å². The maximum absolute atomic E-state index is 12.3. The predicted octanol–water partition coefficient (Wildman–Crippen LogP) is 2.89. The lowest BCUT2D eigenvalue weighted by molar-refractivity contribution is -0.176. The maximum Gasteiger partial charge on any atom is 0.311 e. The summed E-state index contributed by atoms with van der Waals surface area (Å²) >= 11 is 0. The highest BCUT2D eigenvalue weighted by Crippen LogP contribution is 2.61. The molecule has 144 valence electrons. The monoisotopic (exact) mass is 371 g/mol. The minimum Gasteiger partial charge on any atom is -0.469 e. The Morgan fingerprint density at radius 3 is 2.56 bits per heavy atom. The van der Waals surface area contributed by atoms with E-state index in [2.05, 4.69) is 5.32 Å². The van der Waals surface area contributed by atoms with E-state index in [0.717, 1.165) is 67.4 Å². The molecule has 27 heavy (non-hydrogen) atoms. The van der Waals surface area contributed by atoms with Gasteiger partial charge >= 0.3 is 5.97 Å². The molecule has 0 aromatic heterocycles. The summed E-state index contributed by atoms with van der Waals surface area (Å²) in [7, 11) is 1.48. The molecule has 0 saturated heterocycles. The van der Waals surface area contributed by atoms with Gasteiger partial charge in [0, 0.05) is 23.1 Å². The number of hydrogen-bond acceptors (Lipinski definition) is 5. The van der Waals surface area contributed by atoms with Crippen molar-refractivity contribution in [1.82, 2.24) is 5.32 Å². The second kappa shape index (κ2) is 5.63. The van der Waals surface area contributed by atoms with Crippen molar-refractivity contribution in [2.45, 2.75) is 58.2 Å². The van der Waals surface area contributed by atoms with E-state index < -0.39 is 0 Å². The Bertz CT molecular complexity index is 821. The lowest BCUT2D eigenvalue weighted by Crippen LogP contribution is -2.53. The molecule has 0 radical (unpaired) electrons. The number of carbonyl (C=O) groups is 2. The summed E-state index contributed by atoms with van der Waals surface area (Å²) in [4.78, 5) is 24.5. The van der Waals surface area contributed by atoms with Gasteiger partial charge in [-0.05, 0) is 63.5 Å². The zero-order valence-corrected chi connectivity index (χ0v) is 15.9. The van der Waals surface area contributed by atoms with Crippen LogP contribution in [-0.4, -0.2) is 31.8 Å². The van der Waals surface area contributed by atoms with Gasteiger partial charge in [0.15, 0.2) is 11.5 Å². The molecule has 1 amide bonds. The molecule has 1 unspecified atom stereocenters. The van der Waals surface area contributed by atoms with Crippen molar-refractivity contribution in [1.29, 1.82) is 0 Å². The van der Waals surface area contributed by atoms with Gasteiger partial charge in [0.1, 0.15) is 0 Å². The standard InChI is InChI=1S/C21H25NO5/c1-12-15-13(3-10-22-17(15)23)11-14-16(12)27-19(26-14)21-7-4-20(5-8-21,6-9-21)18(24)25-2/h11,19H,3-10H2,1-2H3,(H,22,23). The number of ether oxygens (including phenoxy) is 3. The second-order valence-corrected chi connectivity index (χ2v) is 8.57. The number of methoxy groups -OCH3 is 1. The summed E-state index contributed by atoms with van der Waals surface area (Å²) in [5, 5.41) is 2.91. The quantitative estimate of drug-likeness (QED) is 0.809. The number of rotatable bonds is 2. The topological polar surface area (TPSA) is 73.9 Å². The molecule has 6 nitrogen and oxygen atoms in total. The molecule has 3 aliphatic carbocycles. The number of nitrogens with one attached hydrogen (secondary N) is 1. The Hall–Kier alpha value is -2.24. The first kappa shape index (κ1) is 16.9. The summed E-state index contributed by atoms with van der Waals surface area (Å²) in [6, 6.07) is 1.98. The minimum absolute atomic E-state index is 0.0278. The van der Waals surface area contributed by atoms with E-state index in [9.17, 15) is 9.59 Å². The third kappa shape index (κ3) is 2.25. The lowest BCUT2D eigenvalue weighted by atomic mass is 9.53. The highest BCUT2D eigenvalue weighted by Gasteiger charge is 2.58. The van der Waals surface area contributed by atoms with Gasteiger partial charge in [-0.25, -0.2) is 0 Å². The molecule has 5 aliphatic rings. The van der Waals surface area contributed by atoms with Crippen molar-refractivity contribution in [3.63, 3.8) is 0 Å². The Morgan fingerprint density at radius 2 is 1.89 bits per heavy atom. The normalized spacial score (nSPS) is 33.4. The zero-order chi connectivity index (χ0) is 18.8. The number of amides is 1. The summed E-state index contributed by atoms with van der Waals surface area (Å²) in [5.74, 6) is 1.37. The first-order valence-electron chi connectivity index (χ1n) is 9.84. The Morgan fingerprint density at radius 1 is 1.19 bits per heavy atom. The number of hydrogen-bond donors (Lipinski definition) is 1. The molecule has 2 heterocycles. The molecular formula is C21H25NO5. The molecule has 1 atom stereocenters. The highest BCUT2D eigenvalue weighted by atomic mass is 16.7. The molecule has 0 spiro atoms. The average Bonchev–Trinajstić information content (AvgIpc) is 3.14. The van der Waals surface area contributed by atoms with Crippen LogP contribution in [0.5, 0.6) is 11.5 Å². The number of fused-ring (bicyclic) bond motifs is 5. The van der Waals surface area contributed by atoms with E-state index in [0.29, 0.717) is 12.3 Å². The largest absolute Gasteiger partial charge is 0.469 e. The smallest absolute Gasteiger partial charge is 0.311 e. The fraction of sp³-hybridized carbons (Fsp3) is 0.619. The van der Waals surface area contributed by atoms with Gasteiger partial charge in [-0.2, -0.15) is 0 Å².